The second kappa shape index (κ2) is 10.1. The molecule has 1 aliphatic rings. The van der Waals surface area contributed by atoms with Crippen molar-refractivity contribution in [1.29, 1.82) is 0 Å². The summed E-state index contributed by atoms with van der Waals surface area (Å²) in [7, 11) is 0. The first-order valence-electron chi connectivity index (χ1n) is 12.2. The molecule has 1 amide bonds. The Morgan fingerprint density at radius 1 is 1.17 bits per heavy atom. The van der Waals surface area contributed by atoms with Crippen molar-refractivity contribution >= 4 is 27.3 Å². The lowest BCUT2D eigenvalue weighted by Gasteiger charge is -2.31. The Balaban J connectivity index is 1.19. The van der Waals surface area contributed by atoms with Gasteiger partial charge < -0.3 is 15.0 Å². The number of imidazole rings is 1. The van der Waals surface area contributed by atoms with E-state index in [1.165, 1.54) is 5.56 Å². The minimum absolute atomic E-state index is 0.0494. The summed E-state index contributed by atoms with van der Waals surface area (Å²) in [5, 5.41) is 8.80. The number of aromatic nitrogens is 3. The summed E-state index contributed by atoms with van der Waals surface area (Å²) in [6, 6.07) is 16.3. The first kappa shape index (κ1) is 23.4. The maximum absolute atomic E-state index is 12.9. The molecule has 1 fully saturated rings. The third kappa shape index (κ3) is 5.48. The van der Waals surface area contributed by atoms with Gasteiger partial charge in [-0.1, -0.05) is 53.3 Å². The SMILES string of the molecule is Cc1ccc(-c2cn3nc(N4CCC[C@H](C(=O)NCc5ccc(OC(C)C)cc5)C4)sc3n2)cc1. The lowest BCUT2D eigenvalue weighted by molar-refractivity contribution is -0.125. The molecule has 7 nitrogen and oxygen atoms in total. The second-order valence-electron chi connectivity index (χ2n) is 9.42. The van der Waals surface area contributed by atoms with Crippen molar-refractivity contribution in [3.05, 3.63) is 65.9 Å². The highest BCUT2D eigenvalue weighted by Crippen LogP contribution is 2.30. The van der Waals surface area contributed by atoms with Crippen LogP contribution in [-0.4, -0.2) is 39.7 Å². The van der Waals surface area contributed by atoms with Gasteiger partial charge in [0.2, 0.25) is 16.0 Å². The molecule has 1 aliphatic heterocycles. The fourth-order valence-corrected chi connectivity index (χ4v) is 5.26. The van der Waals surface area contributed by atoms with Crippen molar-refractivity contribution in [2.75, 3.05) is 18.0 Å². The van der Waals surface area contributed by atoms with Crippen LogP contribution in [-0.2, 0) is 11.3 Å². The zero-order valence-electron chi connectivity index (χ0n) is 20.4. The number of amides is 1. The Morgan fingerprint density at radius 3 is 2.66 bits per heavy atom. The number of rotatable bonds is 7. The van der Waals surface area contributed by atoms with Gasteiger partial charge in [-0.15, -0.1) is 5.10 Å². The number of anilines is 1. The topological polar surface area (TPSA) is 71.8 Å². The van der Waals surface area contributed by atoms with Gasteiger partial charge in [-0.05, 0) is 51.3 Å². The molecule has 8 heteroatoms. The van der Waals surface area contributed by atoms with Gasteiger partial charge in [-0.25, -0.2) is 9.50 Å². The van der Waals surface area contributed by atoms with Crippen LogP contribution in [0.2, 0.25) is 0 Å². The molecular weight excluding hydrogens is 458 g/mol. The number of ether oxygens (including phenoxy) is 1. The average molecular weight is 490 g/mol. The van der Waals surface area contributed by atoms with E-state index in [1.54, 1.807) is 11.3 Å². The number of hydrogen-bond donors (Lipinski definition) is 1. The molecular formula is C27H31N5O2S. The summed E-state index contributed by atoms with van der Waals surface area (Å²) in [5.41, 5.74) is 4.31. The number of fused-ring (bicyclic) bond motifs is 1. The second-order valence-corrected chi connectivity index (χ2v) is 10.4. The molecule has 4 aromatic rings. The van der Waals surface area contributed by atoms with Gasteiger partial charge in [0.1, 0.15) is 5.75 Å². The normalized spacial score (nSPS) is 16.1. The molecule has 1 N–H and O–H groups in total. The van der Waals surface area contributed by atoms with Gasteiger partial charge in [-0.3, -0.25) is 4.79 Å². The summed E-state index contributed by atoms with van der Waals surface area (Å²) in [6.07, 6.45) is 3.98. The van der Waals surface area contributed by atoms with Gasteiger partial charge in [0.15, 0.2) is 0 Å². The van der Waals surface area contributed by atoms with Crippen LogP contribution in [0.1, 0.15) is 37.8 Å². The highest BCUT2D eigenvalue weighted by Gasteiger charge is 2.28. The summed E-state index contributed by atoms with van der Waals surface area (Å²) in [6.45, 7) is 8.19. The standard InChI is InChI=1S/C27H31N5O2S/c1-18(2)34-23-12-8-20(9-13-23)15-28-25(33)22-5-4-14-31(16-22)27-30-32-17-24(29-26(32)35-27)21-10-6-19(3)7-11-21/h6-13,17-18,22H,4-5,14-16H2,1-3H3,(H,28,33)/t22-/m0/s1. The minimum Gasteiger partial charge on any atom is -0.491 e. The first-order chi connectivity index (χ1) is 16.9. The summed E-state index contributed by atoms with van der Waals surface area (Å²) >= 11 is 1.57. The fourth-order valence-electron chi connectivity index (χ4n) is 4.34. The number of nitrogens with one attached hydrogen (secondary N) is 1. The van der Waals surface area contributed by atoms with Crippen LogP contribution in [0.15, 0.2) is 54.7 Å². The maximum atomic E-state index is 12.9. The molecule has 0 spiro atoms. The lowest BCUT2D eigenvalue weighted by Crippen LogP contribution is -2.43. The zero-order valence-corrected chi connectivity index (χ0v) is 21.2. The molecule has 0 unspecified atom stereocenters. The smallest absolute Gasteiger partial charge is 0.225 e. The third-order valence-electron chi connectivity index (χ3n) is 6.20. The molecule has 1 saturated heterocycles. The van der Waals surface area contributed by atoms with Gasteiger partial charge in [0, 0.05) is 25.2 Å². The monoisotopic (exact) mass is 489 g/mol. The van der Waals surface area contributed by atoms with Crippen LogP contribution >= 0.6 is 11.3 Å². The number of hydrogen-bond acceptors (Lipinski definition) is 6. The van der Waals surface area contributed by atoms with Crippen LogP contribution in [0.3, 0.4) is 0 Å². The number of nitrogens with zero attached hydrogens (tertiary/aromatic N) is 4. The maximum Gasteiger partial charge on any atom is 0.225 e. The van der Waals surface area contributed by atoms with Crippen molar-refractivity contribution in [3.63, 3.8) is 0 Å². The van der Waals surface area contributed by atoms with Crippen LogP contribution in [0.25, 0.3) is 16.2 Å². The average Bonchev–Trinajstić information content (AvgIpc) is 3.43. The molecule has 2 aromatic heterocycles. The molecule has 1 atom stereocenters. The number of carbonyl (C=O) groups excluding carboxylic acids is 1. The first-order valence-corrected chi connectivity index (χ1v) is 13.0. The number of aryl methyl sites for hydroxylation is 1. The van der Waals surface area contributed by atoms with E-state index in [4.69, 9.17) is 14.8 Å². The lowest BCUT2D eigenvalue weighted by atomic mass is 9.97. The Bertz CT molecular complexity index is 1260. The number of carbonyl (C=O) groups is 1. The third-order valence-corrected chi connectivity index (χ3v) is 7.19. The van der Waals surface area contributed by atoms with Crippen LogP contribution in [0.4, 0.5) is 5.13 Å². The van der Waals surface area contributed by atoms with E-state index in [1.807, 2.05) is 48.8 Å². The molecule has 2 aromatic carbocycles. The van der Waals surface area contributed by atoms with Gasteiger partial charge in [0.25, 0.3) is 0 Å². The summed E-state index contributed by atoms with van der Waals surface area (Å²) in [5.74, 6) is 0.894. The molecule has 35 heavy (non-hydrogen) atoms. The Morgan fingerprint density at radius 2 is 1.94 bits per heavy atom. The van der Waals surface area contributed by atoms with Crippen LogP contribution in [0.5, 0.6) is 5.75 Å². The van der Waals surface area contributed by atoms with E-state index in [2.05, 4.69) is 41.4 Å². The van der Waals surface area contributed by atoms with E-state index in [9.17, 15) is 4.79 Å². The molecule has 3 heterocycles. The number of piperidine rings is 1. The predicted molar refractivity (Wildman–Crippen MR) is 140 cm³/mol. The summed E-state index contributed by atoms with van der Waals surface area (Å²) < 4.78 is 7.54. The Hall–Kier alpha value is -3.39. The molecule has 182 valence electrons. The van der Waals surface area contributed by atoms with Crippen molar-refractivity contribution in [2.45, 2.75) is 46.3 Å². The predicted octanol–water partition coefficient (Wildman–Crippen LogP) is 5.09. The van der Waals surface area contributed by atoms with E-state index in [0.29, 0.717) is 13.1 Å². The molecule has 5 rings (SSSR count). The molecule has 0 radical (unpaired) electrons. The fraction of sp³-hybridized carbons (Fsp3) is 0.370. The van der Waals surface area contributed by atoms with Gasteiger partial charge in [-0.2, -0.15) is 0 Å². The highest BCUT2D eigenvalue weighted by atomic mass is 32.1. The Labute approximate surface area is 209 Å². The molecule has 0 aliphatic carbocycles. The van der Waals surface area contributed by atoms with Crippen molar-refractivity contribution in [3.8, 4) is 17.0 Å². The van der Waals surface area contributed by atoms with Crippen molar-refractivity contribution < 1.29 is 9.53 Å². The largest absolute Gasteiger partial charge is 0.491 e. The van der Waals surface area contributed by atoms with Gasteiger partial charge >= 0.3 is 0 Å². The number of benzene rings is 2. The van der Waals surface area contributed by atoms with E-state index in [-0.39, 0.29) is 17.9 Å². The van der Waals surface area contributed by atoms with E-state index < -0.39 is 0 Å². The Kier molecular flexibility index (Phi) is 6.72. The van der Waals surface area contributed by atoms with Crippen LogP contribution in [0, 0.1) is 12.8 Å². The zero-order chi connectivity index (χ0) is 24.4. The van der Waals surface area contributed by atoms with Gasteiger partial charge in [0.05, 0.1) is 23.9 Å². The highest BCUT2D eigenvalue weighted by molar-refractivity contribution is 7.20. The van der Waals surface area contributed by atoms with Crippen LogP contribution < -0.4 is 15.0 Å². The van der Waals surface area contributed by atoms with Crippen molar-refractivity contribution in [1.82, 2.24) is 19.9 Å². The van der Waals surface area contributed by atoms with E-state index >= 15 is 0 Å². The summed E-state index contributed by atoms with van der Waals surface area (Å²) in [4.78, 5) is 20.8. The molecule has 0 bridgehead atoms. The molecule has 0 saturated carbocycles. The minimum atomic E-state index is -0.0494. The van der Waals surface area contributed by atoms with Crippen molar-refractivity contribution in [2.24, 2.45) is 5.92 Å². The quantitative estimate of drug-likeness (QED) is 0.392. The van der Waals surface area contributed by atoms with E-state index in [0.717, 1.165) is 52.0 Å².